The van der Waals surface area contributed by atoms with Crippen LogP contribution in [0.3, 0.4) is 0 Å². The van der Waals surface area contributed by atoms with Crippen LogP contribution in [-0.4, -0.2) is 0 Å². The largest absolute Gasteiger partial charge is 0.0753 e. The van der Waals surface area contributed by atoms with Gasteiger partial charge in [0, 0.05) is 11.3 Å². The van der Waals surface area contributed by atoms with E-state index in [1.54, 1.807) is 0 Å². The molecule has 0 spiro atoms. The number of rotatable bonds is 4. The summed E-state index contributed by atoms with van der Waals surface area (Å²) in [5.41, 5.74) is 20.0. The molecule has 0 fully saturated rings. The lowest BCUT2D eigenvalue weighted by Gasteiger charge is -2.30. The second kappa shape index (κ2) is 11.4. The lowest BCUT2D eigenvalue weighted by Crippen LogP contribution is -2.15. The Hall–Kier alpha value is -6.24. The molecule has 8 aromatic rings. The molecule has 0 bridgehead atoms. The van der Waals surface area contributed by atoms with Crippen LogP contribution in [0.1, 0.15) is 53.1 Å². The van der Waals surface area contributed by atoms with Crippen LogP contribution in [0.5, 0.6) is 0 Å². The summed E-state index contributed by atoms with van der Waals surface area (Å²) >= 11 is 0. The second-order valence-corrected chi connectivity index (χ2v) is 15.6. The molecule has 11 rings (SSSR count). The van der Waals surface area contributed by atoms with Crippen LogP contribution in [0, 0.1) is 0 Å². The van der Waals surface area contributed by atoms with Crippen LogP contribution in [0.15, 0.2) is 170 Å². The predicted molar refractivity (Wildman–Crippen MR) is 225 cm³/mol. The monoisotopic (exact) mass is 674 g/mol. The minimum atomic E-state index is -0.127. The van der Waals surface area contributed by atoms with Crippen molar-refractivity contribution >= 4 is 33.2 Å². The fraction of sp³-hybridized carbons (Fsp3) is 0.0943. The van der Waals surface area contributed by atoms with Crippen LogP contribution in [0.4, 0.5) is 0 Å². The van der Waals surface area contributed by atoms with Crippen LogP contribution >= 0.6 is 0 Å². The maximum absolute atomic E-state index is 2.48. The molecule has 3 aliphatic carbocycles. The zero-order valence-electron chi connectivity index (χ0n) is 30.0. The third-order valence-corrected chi connectivity index (χ3v) is 12.4. The number of benzene rings is 8. The summed E-state index contributed by atoms with van der Waals surface area (Å²) in [6.45, 7) is 4.79. The number of hydrogen-bond donors (Lipinski definition) is 0. The van der Waals surface area contributed by atoms with Crippen molar-refractivity contribution in [3.05, 3.63) is 203 Å². The molecule has 0 heteroatoms. The SMILES string of the molecule is CC1(C)c2cc(-c3ccc4ccccc4c3)ccc2-c2ccc(-c3ccccc3-c3ccc4c5c6c(ccc35)C=CC(c3ccccc3)C6=CC4)cc21. The van der Waals surface area contributed by atoms with Crippen molar-refractivity contribution in [2.24, 2.45) is 0 Å². The lowest BCUT2D eigenvalue weighted by molar-refractivity contribution is 0.661. The smallest absolute Gasteiger partial charge is 0.0276 e. The number of hydrogen-bond acceptors (Lipinski definition) is 0. The molecule has 0 radical (unpaired) electrons. The Morgan fingerprint density at radius 3 is 2.00 bits per heavy atom. The minimum Gasteiger partial charge on any atom is -0.0753 e. The maximum Gasteiger partial charge on any atom is 0.0276 e. The normalized spacial score (nSPS) is 16.0. The van der Waals surface area contributed by atoms with Gasteiger partial charge < -0.3 is 0 Å². The van der Waals surface area contributed by atoms with Gasteiger partial charge in [0.25, 0.3) is 0 Å². The highest BCUT2D eigenvalue weighted by molar-refractivity contribution is 6.10. The van der Waals surface area contributed by atoms with Gasteiger partial charge in [-0.05, 0) is 130 Å². The molecule has 8 aromatic carbocycles. The molecule has 53 heavy (non-hydrogen) atoms. The molecule has 0 aromatic heterocycles. The zero-order chi connectivity index (χ0) is 35.3. The summed E-state index contributed by atoms with van der Waals surface area (Å²) in [5, 5.41) is 5.32. The number of fused-ring (bicyclic) bond motifs is 4. The molecule has 0 amide bonds. The van der Waals surface area contributed by atoms with Gasteiger partial charge in [0.05, 0.1) is 0 Å². The van der Waals surface area contributed by atoms with E-state index in [2.05, 4.69) is 190 Å². The molecule has 0 nitrogen and oxygen atoms in total. The van der Waals surface area contributed by atoms with Gasteiger partial charge in [0.15, 0.2) is 0 Å². The molecule has 1 unspecified atom stereocenters. The van der Waals surface area contributed by atoms with Crippen molar-refractivity contribution in [3.8, 4) is 44.5 Å². The molecule has 0 saturated carbocycles. The average Bonchev–Trinajstić information content (AvgIpc) is 3.44. The first-order valence-electron chi connectivity index (χ1n) is 18.9. The highest BCUT2D eigenvalue weighted by atomic mass is 14.4. The average molecular weight is 675 g/mol. The van der Waals surface area contributed by atoms with Gasteiger partial charge in [-0.2, -0.15) is 0 Å². The number of allylic oxidation sites excluding steroid dienone is 3. The summed E-state index contributed by atoms with van der Waals surface area (Å²) in [5.74, 6) is 0.279. The molecular formula is C53H38. The fourth-order valence-corrected chi connectivity index (χ4v) is 9.67. The standard InChI is InChI=1S/C53H38/c1-53(2)49-31-39(38-17-16-33-10-6-7-13-37(33)30-38)22-26-45(49)46-27-23-40(32-50(46)53)41-14-8-9-15-43(41)44-25-19-36-20-28-47-42(34-11-4-3-5-12-34)24-18-35-21-29-48(44)52(36)51(35)47/h3-19,21-32,42H,20H2,1-2H3. The Labute approximate surface area is 311 Å². The summed E-state index contributed by atoms with van der Waals surface area (Å²) < 4.78 is 0. The summed E-state index contributed by atoms with van der Waals surface area (Å²) in [4.78, 5) is 0. The molecule has 1 atom stereocenters. The minimum absolute atomic E-state index is 0.127. The van der Waals surface area contributed by atoms with Crippen molar-refractivity contribution in [1.29, 1.82) is 0 Å². The van der Waals surface area contributed by atoms with Gasteiger partial charge in [0.2, 0.25) is 0 Å². The quantitative estimate of drug-likeness (QED) is 0.174. The molecular weight excluding hydrogens is 637 g/mol. The summed E-state index contributed by atoms with van der Waals surface area (Å²) in [7, 11) is 0. The van der Waals surface area contributed by atoms with E-state index in [9.17, 15) is 0 Å². The molecule has 0 N–H and O–H groups in total. The third kappa shape index (κ3) is 4.55. The first kappa shape index (κ1) is 30.4. The lowest BCUT2D eigenvalue weighted by atomic mass is 9.74. The topological polar surface area (TPSA) is 0 Å². The van der Waals surface area contributed by atoms with E-state index in [4.69, 9.17) is 0 Å². The van der Waals surface area contributed by atoms with E-state index < -0.39 is 0 Å². The molecule has 0 heterocycles. The summed E-state index contributed by atoms with van der Waals surface area (Å²) in [6.07, 6.45) is 8.17. The van der Waals surface area contributed by atoms with E-state index in [-0.39, 0.29) is 11.3 Å². The Kier molecular flexibility index (Phi) is 6.53. The van der Waals surface area contributed by atoms with Gasteiger partial charge >= 0.3 is 0 Å². The first-order chi connectivity index (χ1) is 26.0. The fourth-order valence-electron chi connectivity index (χ4n) is 9.67. The predicted octanol–water partition coefficient (Wildman–Crippen LogP) is 14.1. The van der Waals surface area contributed by atoms with Gasteiger partial charge in [-0.25, -0.2) is 0 Å². The van der Waals surface area contributed by atoms with Crippen molar-refractivity contribution in [3.63, 3.8) is 0 Å². The first-order valence-corrected chi connectivity index (χ1v) is 18.9. The van der Waals surface area contributed by atoms with Crippen molar-refractivity contribution in [2.75, 3.05) is 0 Å². The van der Waals surface area contributed by atoms with Crippen molar-refractivity contribution < 1.29 is 0 Å². The molecule has 0 saturated heterocycles. The van der Waals surface area contributed by atoms with Gasteiger partial charge in [-0.1, -0.05) is 172 Å². The Morgan fingerprint density at radius 2 is 1.17 bits per heavy atom. The highest BCUT2D eigenvalue weighted by Gasteiger charge is 2.36. The zero-order valence-corrected chi connectivity index (χ0v) is 30.0. The second-order valence-electron chi connectivity index (χ2n) is 15.6. The van der Waals surface area contributed by atoms with Crippen LogP contribution in [0.25, 0.3) is 77.7 Å². The Bertz CT molecular complexity index is 2880. The van der Waals surface area contributed by atoms with E-state index in [0.29, 0.717) is 0 Å². The maximum atomic E-state index is 2.48. The van der Waals surface area contributed by atoms with E-state index in [1.165, 1.54) is 105 Å². The Balaban J connectivity index is 1.01. The van der Waals surface area contributed by atoms with E-state index in [0.717, 1.165) is 6.42 Å². The molecule has 0 aliphatic heterocycles. The van der Waals surface area contributed by atoms with Crippen molar-refractivity contribution in [1.82, 2.24) is 0 Å². The van der Waals surface area contributed by atoms with Crippen LogP contribution < -0.4 is 0 Å². The molecule has 3 aliphatic rings. The van der Waals surface area contributed by atoms with Crippen molar-refractivity contribution in [2.45, 2.75) is 31.6 Å². The van der Waals surface area contributed by atoms with Gasteiger partial charge in [-0.15, -0.1) is 0 Å². The van der Waals surface area contributed by atoms with E-state index in [1.807, 2.05) is 0 Å². The Morgan fingerprint density at radius 1 is 0.509 bits per heavy atom. The highest BCUT2D eigenvalue weighted by Crippen LogP contribution is 2.52. The molecule has 250 valence electrons. The van der Waals surface area contributed by atoms with Crippen LogP contribution in [0.2, 0.25) is 0 Å². The third-order valence-electron chi connectivity index (χ3n) is 12.4. The van der Waals surface area contributed by atoms with E-state index >= 15 is 0 Å². The van der Waals surface area contributed by atoms with Gasteiger partial charge in [0.1, 0.15) is 0 Å². The summed E-state index contributed by atoms with van der Waals surface area (Å²) in [6, 6.07) is 59.2. The van der Waals surface area contributed by atoms with Gasteiger partial charge in [-0.3, -0.25) is 0 Å². The van der Waals surface area contributed by atoms with Crippen LogP contribution in [-0.2, 0) is 11.8 Å².